The minimum absolute atomic E-state index is 0.0490. The Kier molecular flexibility index (Phi) is 4.42. The number of sulfonamides is 1. The molecule has 4 nitrogen and oxygen atoms in total. The number of hydrogen-bond acceptors (Lipinski definition) is 3. The molecule has 0 heterocycles. The molecule has 0 bridgehead atoms. The molecule has 0 saturated heterocycles. The molecule has 3 N–H and O–H groups in total. The Morgan fingerprint density at radius 2 is 1.95 bits per heavy atom. The van der Waals surface area contributed by atoms with Gasteiger partial charge in [-0.1, -0.05) is 22.0 Å². The SMILES string of the molecule is Nc1cccc(S(=O)(=O)NCc2cc(Br)ccc2F)c1. The molecule has 2 rings (SSSR count). The van der Waals surface area contributed by atoms with Gasteiger partial charge in [0, 0.05) is 22.3 Å². The lowest BCUT2D eigenvalue weighted by Crippen LogP contribution is -2.23. The van der Waals surface area contributed by atoms with Crippen LogP contribution in [0.4, 0.5) is 10.1 Å². The molecule has 0 amide bonds. The summed E-state index contributed by atoms with van der Waals surface area (Å²) < 4.78 is 40.7. The highest BCUT2D eigenvalue weighted by Crippen LogP contribution is 2.17. The van der Waals surface area contributed by atoms with Crippen LogP contribution in [0.3, 0.4) is 0 Å². The third-order valence-corrected chi connectivity index (χ3v) is 4.52. The van der Waals surface area contributed by atoms with E-state index in [1.807, 2.05) is 0 Å². The average molecular weight is 359 g/mol. The number of benzene rings is 2. The van der Waals surface area contributed by atoms with Crippen LogP contribution in [0.2, 0.25) is 0 Å². The van der Waals surface area contributed by atoms with E-state index in [1.165, 1.54) is 24.3 Å². The number of hydrogen-bond donors (Lipinski definition) is 2. The molecule has 0 atom stereocenters. The molecule has 0 fully saturated rings. The second kappa shape index (κ2) is 5.90. The van der Waals surface area contributed by atoms with E-state index in [1.54, 1.807) is 18.2 Å². The van der Waals surface area contributed by atoms with Crippen LogP contribution in [0.1, 0.15) is 5.56 Å². The average Bonchev–Trinajstić information content (AvgIpc) is 2.40. The molecule has 0 aromatic heterocycles. The number of rotatable bonds is 4. The summed E-state index contributed by atoms with van der Waals surface area (Å²) in [7, 11) is -3.72. The van der Waals surface area contributed by atoms with Gasteiger partial charge in [0.1, 0.15) is 5.82 Å². The Balaban J connectivity index is 2.19. The van der Waals surface area contributed by atoms with Crippen LogP contribution in [-0.2, 0) is 16.6 Å². The summed E-state index contributed by atoms with van der Waals surface area (Å²) in [5, 5.41) is 0. The van der Waals surface area contributed by atoms with Gasteiger partial charge >= 0.3 is 0 Å². The molecular weight excluding hydrogens is 347 g/mol. The molecule has 2 aromatic rings. The van der Waals surface area contributed by atoms with Gasteiger partial charge in [-0.15, -0.1) is 0 Å². The molecule has 0 aliphatic carbocycles. The minimum atomic E-state index is -3.72. The Hall–Kier alpha value is -1.44. The summed E-state index contributed by atoms with van der Waals surface area (Å²) in [5.74, 6) is -0.469. The lowest BCUT2D eigenvalue weighted by atomic mass is 10.2. The van der Waals surface area contributed by atoms with Gasteiger partial charge in [-0.3, -0.25) is 0 Å². The first-order chi connectivity index (χ1) is 9.38. The molecule has 0 unspecified atom stereocenters. The highest BCUT2D eigenvalue weighted by Gasteiger charge is 2.15. The van der Waals surface area contributed by atoms with Gasteiger partial charge in [-0.05, 0) is 36.4 Å². The van der Waals surface area contributed by atoms with E-state index >= 15 is 0 Å². The first-order valence-electron chi connectivity index (χ1n) is 5.67. The summed E-state index contributed by atoms with van der Waals surface area (Å²) in [6.45, 7) is -0.137. The van der Waals surface area contributed by atoms with Crippen molar-refractivity contribution < 1.29 is 12.8 Å². The van der Waals surface area contributed by atoms with Crippen molar-refractivity contribution >= 4 is 31.6 Å². The zero-order valence-electron chi connectivity index (χ0n) is 10.3. The molecule has 0 radical (unpaired) electrons. The normalized spacial score (nSPS) is 11.5. The van der Waals surface area contributed by atoms with E-state index in [0.29, 0.717) is 10.2 Å². The van der Waals surface area contributed by atoms with Gasteiger partial charge < -0.3 is 5.73 Å². The highest BCUT2D eigenvalue weighted by molar-refractivity contribution is 9.10. The minimum Gasteiger partial charge on any atom is -0.399 e. The number of nitrogens with two attached hydrogens (primary N) is 1. The number of nitrogens with one attached hydrogen (secondary N) is 1. The van der Waals surface area contributed by atoms with Crippen molar-refractivity contribution in [2.45, 2.75) is 11.4 Å². The summed E-state index contributed by atoms with van der Waals surface area (Å²) in [4.78, 5) is 0.0490. The van der Waals surface area contributed by atoms with E-state index in [9.17, 15) is 12.8 Å². The zero-order chi connectivity index (χ0) is 14.8. The van der Waals surface area contributed by atoms with Crippen molar-refractivity contribution in [1.82, 2.24) is 4.72 Å². The van der Waals surface area contributed by atoms with Crippen LogP contribution in [0, 0.1) is 5.82 Å². The van der Waals surface area contributed by atoms with Gasteiger partial charge in [0.15, 0.2) is 0 Å². The molecule has 0 aliphatic rings. The molecule has 20 heavy (non-hydrogen) atoms. The van der Waals surface area contributed by atoms with Crippen molar-refractivity contribution in [2.24, 2.45) is 0 Å². The fourth-order valence-electron chi connectivity index (χ4n) is 1.62. The summed E-state index contributed by atoms with van der Waals surface area (Å²) in [6, 6.07) is 10.3. The first kappa shape index (κ1) is 15.0. The van der Waals surface area contributed by atoms with E-state index in [2.05, 4.69) is 20.7 Å². The van der Waals surface area contributed by atoms with E-state index in [4.69, 9.17) is 5.73 Å². The summed E-state index contributed by atoms with van der Waals surface area (Å²) in [6.07, 6.45) is 0. The molecule has 2 aromatic carbocycles. The van der Waals surface area contributed by atoms with Gasteiger partial charge in [-0.25, -0.2) is 17.5 Å². The topological polar surface area (TPSA) is 72.2 Å². The lowest BCUT2D eigenvalue weighted by molar-refractivity contribution is 0.574. The Labute approximate surface area is 125 Å². The largest absolute Gasteiger partial charge is 0.399 e. The number of nitrogen functional groups attached to an aromatic ring is 1. The van der Waals surface area contributed by atoms with Crippen LogP contribution in [0.25, 0.3) is 0 Å². The third-order valence-electron chi connectivity index (χ3n) is 2.63. The van der Waals surface area contributed by atoms with Crippen molar-refractivity contribution in [2.75, 3.05) is 5.73 Å². The predicted molar refractivity (Wildman–Crippen MR) is 79.0 cm³/mol. The molecular formula is C13H12BrFN2O2S. The van der Waals surface area contributed by atoms with E-state index in [0.717, 1.165) is 0 Å². The summed E-state index contributed by atoms with van der Waals surface area (Å²) >= 11 is 3.21. The standard InChI is InChI=1S/C13H12BrFN2O2S/c14-10-4-5-13(15)9(6-10)8-17-20(18,19)12-3-1-2-11(16)7-12/h1-7,17H,8,16H2. The highest BCUT2D eigenvalue weighted by atomic mass is 79.9. The second-order valence-corrected chi connectivity index (χ2v) is 6.82. The molecule has 0 aliphatic heterocycles. The van der Waals surface area contributed by atoms with Crippen molar-refractivity contribution in [3.05, 3.63) is 58.3 Å². The van der Waals surface area contributed by atoms with E-state index < -0.39 is 15.8 Å². The summed E-state index contributed by atoms with van der Waals surface area (Å²) in [5.41, 5.74) is 6.15. The van der Waals surface area contributed by atoms with Crippen LogP contribution in [-0.4, -0.2) is 8.42 Å². The fourth-order valence-corrected chi connectivity index (χ4v) is 3.09. The van der Waals surface area contributed by atoms with Gasteiger partial charge in [-0.2, -0.15) is 0 Å². The monoisotopic (exact) mass is 358 g/mol. The van der Waals surface area contributed by atoms with Crippen molar-refractivity contribution in [3.63, 3.8) is 0 Å². The Morgan fingerprint density at radius 1 is 1.20 bits per heavy atom. The predicted octanol–water partition coefficient (Wildman–Crippen LogP) is 2.65. The molecule has 0 spiro atoms. The molecule has 0 saturated carbocycles. The van der Waals surface area contributed by atoms with E-state index in [-0.39, 0.29) is 17.0 Å². The van der Waals surface area contributed by atoms with Crippen LogP contribution >= 0.6 is 15.9 Å². The maximum Gasteiger partial charge on any atom is 0.240 e. The second-order valence-electron chi connectivity index (χ2n) is 4.13. The quantitative estimate of drug-likeness (QED) is 0.825. The zero-order valence-corrected chi connectivity index (χ0v) is 12.7. The number of anilines is 1. The first-order valence-corrected chi connectivity index (χ1v) is 7.95. The fraction of sp³-hybridized carbons (Fsp3) is 0.0769. The Morgan fingerprint density at radius 3 is 2.65 bits per heavy atom. The van der Waals surface area contributed by atoms with Crippen LogP contribution in [0.15, 0.2) is 51.8 Å². The smallest absolute Gasteiger partial charge is 0.240 e. The molecule has 106 valence electrons. The Bertz CT molecular complexity index is 735. The molecule has 7 heteroatoms. The van der Waals surface area contributed by atoms with Crippen LogP contribution < -0.4 is 10.5 Å². The maximum atomic E-state index is 13.5. The van der Waals surface area contributed by atoms with Crippen molar-refractivity contribution in [1.29, 1.82) is 0 Å². The number of halogens is 2. The van der Waals surface area contributed by atoms with Crippen LogP contribution in [0.5, 0.6) is 0 Å². The lowest BCUT2D eigenvalue weighted by Gasteiger charge is -2.08. The van der Waals surface area contributed by atoms with Gasteiger partial charge in [0.2, 0.25) is 10.0 Å². The van der Waals surface area contributed by atoms with Crippen molar-refractivity contribution in [3.8, 4) is 0 Å². The maximum absolute atomic E-state index is 13.5. The third kappa shape index (κ3) is 3.56. The van der Waals surface area contributed by atoms with Gasteiger partial charge in [0.25, 0.3) is 0 Å². The van der Waals surface area contributed by atoms with Gasteiger partial charge in [0.05, 0.1) is 4.90 Å².